The topological polar surface area (TPSA) is 58.4 Å². The number of carbonyl (C=O) groups excluding carboxylic acids is 1. The van der Waals surface area contributed by atoms with E-state index in [-0.39, 0.29) is 24.9 Å². The summed E-state index contributed by atoms with van der Waals surface area (Å²) < 4.78 is 41.9. The molecule has 0 spiro atoms. The molecule has 1 aromatic carbocycles. The molecule has 1 unspecified atom stereocenters. The number of amides is 1. The van der Waals surface area contributed by atoms with Crippen LogP contribution >= 0.6 is 22.6 Å². The average molecular weight is 507 g/mol. The van der Waals surface area contributed by atoms with Gasteiger partial charge >= 0.3 is 6.18 Å². The van der Waals surface area contributed by atoms with Gasteiger partial charge in [-0.3, -0.25) is 4.79 Å². The first-order chi connectivity index (χ1) is 13.0. The van der Waals surface area contributed by atoms with Crippen molar-refractivity contribution >= 4 is 28.5 Å². The minimum absolute atomic E-state index is 0.0432. The number of likely N-dealkylation sites (tertiary alicyclic amines) is 1. The van der Waals surface area contributed by atoms with E-state index in [1.807, 2.05) is 41.9 Å². The van der Waals surface area contributed by atoms with Gasteiger partial charge in [0.1, 0.15) is 0 Å². The van der Waals surface area contributed by atoms with Crippen molar-refractivity contribution in [3.63, 3.8) is 0 Å². The zero-order valence-electron chi connectivity index (χ0n) is 15.4. The van der Waals surface area contributed by atoms with Crippen LogP contribution in [0.2, 0.25) is 0 Å². The molecule has 5 nitrogen and oxygen atoms in total. The van der Waals surface area contributed by atoms with Crippen LogP contribution in [0.3, 0.4) is 0 Å². The number of nitrogens with zero attached hydrogens (tertiary/aromatic N) is 3. The normalized spacial score (nSPS) is 22.8. The van der Waals surface area contributed by atoms with Crippen LogP contribution in [0.15, 0.2) is 36.5 Å². The minimum Gasteiger partial charge on any atom is -0.373 e. The molecule has 9 heteroatoms. The molecule has 1 amide bonds. The van der Waals surface area contributed by atoms with Crippen LogP contribution in [-0.4, -0.2) is 50.6 Å². The Bertz CT molecular complexity index is 849. The van der Waals surface area contributed by atoms with Crippen molar-refractivity contribution in [2.24, 2.45) is 5.92 Å². The van der Waals surface area contributed by atoms with Gasteiger partial charge in [0.25, 0.3) is 5.91 Å². The molecule has 1 saturated heterocycles. The van der Waals surface area contributed by atoms with E-state index in [4.69, 9.17) is 0 Å². The van der Waals surface area contributed by atoms with Gasteiger partial charge in [0, 0.05) is 34.5 Å². The second-order valence-corrected chi connectivity index (χ2v) is 8.58. The SMILES string of the molecule is C[C@H]1CN(C(=O)[C@@](C)(O)C(F)(F)F)CCC1c1ccnn1-c1ccc(I)cc1. The van der Waals surface area contributed by atoms with E-state index < -0.39 is 17.7 Å². The third-order valence-corrected chi connectivity index (χ3v) is 6.00. The number of piperidine rings is 1. The first-order valence-electron chi connectivity index (χ1n) is 8.90. The van der Waals surface area contributed by atoms with Crippen LogP contribution in [0.1, 0.15) is 31.9 Å². The van der Waals surface area contributed by atoms with Crippen LogP contribution < -0.4 is 0 Å². The summed E-state index contributed by atoms with van der Waals surface area (Å²) in [5, 5.41) is 14.1. The number of aromatic nitrogens is 2. The largest absolute Gasteiger partial charge is 0.426 e. The van der Waals surface area contributed by atoms with E-state index in [0.29, 0.717) is 13.3 Å². The molecule has 2 heterocycles. The molecule has 1 aliphatic rings. The molecule has 1 N–H and O–H groups in total. The minimum atomic E-state index is -5.01. The van der Waals surface area contributed by atoms with Gasteiger partial charge in [-0.1, -0.05) is 6.92 Å². The summed E-state index contributed by atoms with van der Waals surface area (Å²) >= 11 is 2.22. The van der Waals surface area contributed by atoms with Gasteiger partial charge in [-0.05, 0) is 72.2 Å². The van der Waals surface area contributed by atoms with Gasteiger partial charge in [0.15, 0.2) is 0 Å². The molecule has 1 aliphatic heterocycles. The van der Waals surface area contributed by atoms with E-state index in [9.17, 15) is 23.1 Å². The predicted molar refractivity (Wildman–Crippen MR) is 106 cm³/mol. The van der Waals surface area contributed by atoms with Gasteiger partial charge in [0.05, 0.1) is 5.69 Å². The van der Waals surface area contributed by atoms with Gasteiger partial charge < -0.3 is 10.0 Å². The number of carbonyl (C=O) groups is 1. The zero-order chi connectivity index (χ0) is 20.7. The van der Waals surface area contributed by atoms with E-state index in [1.54, 1.807) is 6.20 Å². The summed E-state index contributed by atoms with van der Waals surface area (Å²) in [7, 11) is 0. The quantitative estimate of drug-likeness (QED) is 0.645. The van der Waals surface area contributed by atoms with Crippen molar-refractivity contribution in [2.45, 2.75) is 38.0 Å². The molecule has 0 radical (unpaired) electrons. The number of hydrogen-bond acceptors (Lipinski definition) is 3. The average Bonchev–Trinajstić information content (AvgIpc) is 3.10. The Kier molecular flexibility index (Phi) is 5.77. The van der Waals surface area contributed by atoms with Crippen LogP contribution in [0.25, 0.3) is 5.69 Å². The molecule has 3 rings (SSSR count). The maximum absolute atomic E-state index is 13.0. The molecule has 152 valence electrons. The number of hydrogen-bond donors (Lipinski definition) is 1. The van der Waals surface area contributed by atoms with Crippen molar-refractivity contribution in [1.82, 2.24) is 14.7 Å². The lowest BCUT2D eigenvalue weighted by atomic mass is 9.83. The zero-order valence-corrected chi connectivity index (χ0v) is 17.6. The second-order valence-electron chi connectivity index (χ2n) is 7.34. The highest BCUT2D eigenvalue weighted by molar-refractivity contribution is 14.1. The summed E-state index contributed by atoms with van der Waals surface area (Å²) in [5.74, 6) is -1.33. The highest BCUT2D eigenvalue weighted by atomic mass is 127. The molecular weight excluding hydrogens is 486 g/mol. The first kappa shape index (κ1) is 21.1. The number of halogens is 4. The van der Waals surface area contributed by atoms with Gasteiger partial charge in [-0.15, -0.1) is 0 Å². The Balaban J connectivity index is 1.78. The fraction of sp³-hybridized carbons (Fsp3) is 0.474. The fourth-order valence-corrected chi connectivity index (χ4v) is 3.95. The Morgan fingerprint density at radius 3 is 2.46 bits per heavy atom. The lowest BCUT2D eigenvalue weighted by Gasteiger charge is -2.40. The van der Waals surface area contributed by atoms with Gasteiger partial charge in [0.2, 0.25) is 5.60 Å². The summed E-state index contributed by atoms with van der Waals surface area (Å²) in [6, 6.07) is 9.78. The predicted octanol–water partition coefficient (Wildman–Crippen LogP) is 3.74. The lowest BCUT2D eigenvalue weighted by Crippen LogP contribution is -2.58. The first-order valence-corrected chi connectivity index (χ1v) is 9.98. The highest BCUT2D eigenvalue weighted by Crippen LogP contribution is 2.37. The lowest BCUT2D eigenvalue weighted by molar-refractivity contribution is -0.250. The van der Waals surface area contributed by atoms with Crippen LogP contribution in [0.5, 0.6) is 0 Å². The number of alkyl halides is 3. The molecular formula is C19H21F3IN3O2. The Hall–Kier alpha value is -1.62. The number of aliphatic hydroxyl groups is 1. The van der Waals surface area contributed by atoms with Crippen molar-refractivity contribution in [1.29, 1.82) is 0 Å². The van der Waals surface area contributed by atoms with E-state index in [2.05, 4.69) is 27.7 Å². The van der Waals surface area contributed by atoms with E-state index in [0.717, 1.165) is 19.9 Å². The number of rotatable bonds is 3. The molecule has 0 saturated carbocycles. The summed E-state index contributed by atoms with van der Waals surface area (Å²) in [6.07, 6.45) is -2.81. The fourth-order valence-electron chi connectivity index (χ4n) is 3.59. The van der Waals surface area contributed by atoms with Crippen molar-refractivity contribution < 1.29 is 23.1 Å². The summed E-state index contributed by atoms with van der Waals surface area (Å²) in [5.41, 5.74) is -1.50. The van der Waals surface area contributed by atoms with E-state index >= 15 is 0 Å². The highest BCUT2D eigenvalue weighted by Gasteiger charge is 2.57. The van der Waals surface area contributed by atoms with Crippen molar-refractivity contribution in [3.05, 3.63) is 45.8 Å². The molecule has 0 bridgehead atoms. The smallest absolute Gasteiger partial charge is 0.373 e. The molecule has 1 fully saturated rings. The molecule has 0 aliphatic carbocycles. The standard InChI is InChI=1S/C19H21F3IN3O2/c1-12-11-25(17(27)18(2,28)19(20,21)22)10-8-15(12)16-7-9-24-26(16)14-5-3-13(23)4-6-14/h3-7,9,12,15,28H,8,10-11H2,1-2H3/t12-,15?,18+/m0/s1. The van der Waals surface area contributed by atoms with Gasteiger partial charge in [-0.25, -0.2) is 4.68 Å². The maximum Gasteiger partial charge on any atom is 0.426 e. The Morgan fingerprint density at radius 2 is 1.89 bits per heavy atom. The van der Waals surface area contributed by atoms with Crippen LogP contribution in [-0.2, 0) is 4.79 Å². The van der Waals surface area contributed by atoms with Crippen LogP contribution in [0, 0.1) is 9.49 Å². The Labute approximate surface area is 174 Å². The summed E-state index contributed by atoms with van der Waals surface area (Å²) in [6.45, 7) is 2.71. The summed E-state index contributed by atoms with van der Waals surface area (Å²) in [4.78, 5) is 13.4. The van der Waals surface area contributed by atoms with Crippen molar-refractivity contribution in [2.75, 3.05) is 13.1 Å². The van der Waals surface area contributed by atoms with Crippen molar-refractivity contribution in [3.8, 4) is 5.69 Å². The van der Waals surface area contributed by atoms with Crippen LogP contribution in [0.4, 0.5) is 13.2 Å². The van der Waals surface area contributed by atoms with E-state index in [1.165, 1.54) is 0 Å². The number of benzene rings is 1. The molecule has 2 aromatic rings. The molecule has 1 aromatic heterocycles. The second kappa shape index (κ2) is 7.66. The third-order valence-electron chi connectivity index (χ3n) is 5.28. The molecule has 3 atom stereocenters. The Morgan fingerprint density at radius 1 is 1.25 bits per heavy atom. The van der Waals surface area contributed by atoms with Gasteiger partial charge in [-0.2, -0.15) is 18.3 Å². The molecule has 28 heavy (non-hydrogen) atoms. The third kappa shape index (κ3) is 3.91. The monoisotopic (exact) mass is 507 g/mol. The maximum atomic E-state index is 13.0.